The zero-order valence-electron chi connectivity index (χ0n) is 17.7. The fourth-order valence-electron chi connectivity index (χ4n) is 3.91. The monoisotopic (exact) mass is 440 g/mol. The van der Waals surface area contributed by atoms with E-state index in [4.69, 9.17) is 0 Å². The highest BCUT2D eigenvalue weighted by atomic mass is 16.2. The molecule has 164 valence electrons. The molecule has 0 saturated carbocycles. The molecule has 2 aromatic carbocycles. The minimum absolute atomic E-state index is 0.151. The lowest BCUT2D eigenvalue weighted by Gasteiger charge is -2.35. The van der Waals surface area contributed by atoms with Crippen LogP contribution < -0.4 is 21.1 Å². The number of carbonyl (C=O) groups is 2. The summed E-state index contributed by atoms with van der Waals surface area (Å²) in [5, 5.41) is 6.22. The maximum atomic E-state index is 12.6. The number of nitrogens with zero attached hydrogens (tertiary/aromatic N) is 4. The number of para-hydroxylation sites is 1. The van der Waals surface area contributed by atoms with Crippen LogP contribution in [0.4, 0.5) is 11.5 Å². The average Bonchev–Trinajstić information content (AvgIpc) is 2.84. The molecule has 1 unspecified atom stereocenters. The van der Waals surface area contributed by atoms with E-state index in [-0.39, 0.29) is 30.1 Å². The number of hydrogen-bond donors (Lipinski definition) is 2. The number of hydrogen-bond acceptors (Lipinski definition) is 6. The third-order valence-corrected chi connectivity index (χ3v) is 5.58. The molecule has 1 aliphatic heterocycles. The number of amides is 2. The Morgan fingerprint density at radius 2 is 1.82 bits per heavy atom. The van der Waals surface area contributed by atoms with Crippen molar-refractivity contribution in [3.8, 4) is 0 Å². The van der Waals surface area contributed by atoms with Crippen LogP contribution in [0.25, 0.3) is 10.9 Å². The van der Waals surface area contributed by atoms with E-state index >= 15 is 0 Å². The van der Waals surface area contributed by atoms with Gasteiger partial charge in [0.1, 0.15) is 18.5 Å². The third-order valence-electron chi connectivity index (χ3n) is 5.58. The zero-order valence-corrected chi connectivity index (χ0v) is 17.7. The second-order valence-electron chi connectivity index (χ2n) is 7.73. The first-order valence-corrected chi connectivity index (χ1v) is 10.3. The van der Waals surface area contributed by atoms with Crippen molar-refractivity contribution < 1.29 is 9.59 Å². The summed E-state index contributed by atoms with van der Waals surface area (Å²) < 4.78 is 1.28. The maximum Gasteiger partial charge on any atom is 0.261 e. The normalized spacial score (nSPS) is 15.1. The molecule has 3 heterocycles. The van der Waals surface area contributed by atoms with Crippen LogP contribution in [0, 0.1) is 0 Å². The molecule has 33 heavy (non-hydrogen) atoms. The lowest BCUT2D eigenvalue weighted by atomic mass is 10.1. The van der Waals surface area contributed by atoms with Crippen molar-refractivity contribution in [2.75, 3.05) is 17.3 Å². The molecule has 0 radical (unpaired) electrons. The van der Waals surface area contributed by atoms with Crippen molar-refractivity contribution in [1.29, 1.82) is 0 Å². The van der Waals surface area contributed by atoms with E-state index < -0.39 is 0 Å². The predicted molar refractivity (Wildman–Crippen MR) is 124 cm³/mol. The smallest absolute Gasteiger partial charge is 0.261 e. The molecule has 9 nitrogen and oxygen atoms in total. The van der Waals surface area contributed by atoms with E-state index in [2.05, 4.69) is 20.6 Å². The summed E-state index contributed by atoms with van der Waals surface area (Å²) in [7, 11) is 1.86. The Hall–Kier alpha value is -4.53. The Balaban J connectivity index is 1.30. The summed E-state index contributed by atoms with van der Waals surface area (Å²) >= 11 is 0. The van der Waals surface area contributed by atoms with Crippen LogP contribution in [0.2, 0.25) is 0 Å². The van der Waals surface area contributed by atoms with Gasteiger partial charge in [-0.25, -0.2) is 9.97 Å². The topological polar surface area (TPSA) is 109 Å². The molecule has 1 aliphatic rings. The second kappa shape index (κ2) is 8.19. The number of carbonyl (C=O) groups excluding carboxylic acids is 2. The van der Waals surface area contributed by atoms with Gasteiger partial charge in [0.05, 0.1) is 22.8 Å². The van der Waals surface area contributed by atoms with Crippen LogP contribution in [-0.4, -0.2) is 33.4 Å². The summed E-state index contributed by atoms with van der Waals surface area (Å²) in [5.41, 5.74) is 2.27. The van der Waals surface area contributed by atoms with Crippen molar-refractivity contribution in [3.05, 3.63) is 94.7 Å². The Labute approximate surface area is 188 Å². The Bertz CT molecular complexity index is 1430. The predicted octanol–water partition coefficient (Wildman–Crippen LogP) is 2.31. The highest BCUT2D eigenvalue weighted by molar-refractivity contribution is 6.01. The van der Waals surface area contributed by atoms with Gasteiger partial charge >= 0.3 is 0 Å². The molecule has 0 aliphatic carbocycles. The van der Waals surface area contributed by atoms with Gasteiger partial charge in [0, 0.05) is 18.9 Å². The highest BCUT2D eigenvalue weighted by Crippen LogP contribution is 2.30. The minimum atomic E-state index is -0.382. The standard InChI is InChI=1S/C24H20N6O3/c1-29-21(28-23(32)18-6-4-12-25-22(18)29)15-8-10-16(11-9-15)27-20(31)13-30-14-26-19-7-3-2-5-17(19)24(30)33/h2-12,14,21H,13H2,1H3,(H,27,31)(H,28,32). The van der Waals surface area contributed by atoms with Gasteiger partial charge in [-0.1, -0.05) is 24.3 Å². The van der Waals surface area contributed by atoms with E-state index in [9.17, 15) is 14.4 Å². The zero-order chi connectivity index (χ0) is 22.9. The van der Waals surface area contributed by atoms with Crippen LogP contribution in [-0.2, 0) is 11.3 Å². The lowest BCUT2D eigenvalue weighted by Crippen LogP contribution is -2.45. The van der Waals surface area contributed by atoms with E-state index in [1.54, 1.807) is 54.7 Å². The summed E-state index contributed by atoms with van der Waals surface area (Å²) in [6, 6.07) is 17.6. The van der Waals surface area contributed by atoms with Crippen molar-refractivity contribution in [2.45, 2.75) is 12.7 Å². The minimum Gasteiger partial charge on any atom is -0.335 e. The molecule has 4 aromatic rings. The fourth-order valence-corrected chi connectivity index (χ4v) is 3.91. The average molecular weight is 440 g/mol. The molecular formula is C24H20N6O3. The molecule has 9 heteroatoms. The van der Waals surface area contributed by atoms with E-state index in [0.29, 0.717) is 28.0 Å². The Kier molecular flexibility index (Phi) is 5.06. The van der Waals surface area contributed by atoms with Gasteiger partial charge in [-0.05, 0) is 42.0 Å². The molecule has 0 saturated heterocycles. The van der Waals surface area contributed by atoms with Gasteiger partial charge in [0.15, 0.2) is 0 Å². The Morgan fingerprint density at radius 1 is 1.03 bits per heavy atom. The van der Waals surface area contributed by atoms with Crippen LogP contribution >= 0.6 is 0 Å². The number of nitrogens with one attached hydrogen (secondary N) is 2. The number of rotatable bonds is 4. The van der Waals surface area contributed by atoms with Crippen molar-refractivity contribution in [1.82, 2.24) is 19.9 Å². The first-order valence-electron chi connectivity index (χ1n) is 10.3. The molecule has 2 aromatic heterocycles. The highest BCUT2D eigenvalue weighted by Gasteiger charge is 2.30. The number of fused-ring (bicyclic) bond motifs is 2. The molecule has 0 bridgehead atoms. The van der Waals surface area contributed by atoms with Crippen LogP contribution in [0.5, 0.6) is 0 Å². The summed E-state index contributed by atoms with van der Waals surface area (Å²) in [6.45, 7) is -0.151. The molecule has 5 rings (SSSR count). The molecule has 0 fully saturated rings. The molecule has 2 N–H and O–H groups in total. The van der Waals surface area contributed by atoms with E-state index in [1.165, 1.54) is 10.9 Å². The Morgan fingerprint density at radius 3 is 2.64 bits per heavy atom. The van der Waals surface area contributed by atoms with Gasteiger partial charge in [0.2, 0.25) is 5.91 Å². The largest absolute Gasteiger partial charge is 0.335 e. The summed E-state index contributed by atoms with van der Waals surface area (Å²) in [4.78, 5) is 48.0. The van der Waals surface area contributed by atoms with Gasteiger partial charge in [-0.2, -0.15) is 0 Å². The fraction of sp³-hybridized carbons (Fsp3) is 0.125. The van der Waals surface area contributed by atoms with Gasteiger partial charge < -0.3 is 15.5 Å². The number of aromatic nitrogens is 3. The number of benzene rings is 2. The summed E-state index contributed by atoms with van der Waals surface area (Å²) in [6.07, 6.45) is 2.65. The maximum absolute atomic E-state index is 12.6. The van der Waals surface area contributed by atoms with Gasteiger partial charge in [0.25, 0.3) is 11.5 Å². The van der Waals surface area contributed by atoms with Crippen molar-refractivity contribution >= 4 is 34.2 Å². The quantitative estimate of drug-likeness (QED) is 0.504. The second-order valence-corrected chi connectivity index (χ2v) is 7.73. The van der Waals surface area contributed by atoms with E-state index in [1.807, 2.05) is 24.1 Å². The summed E-state index contributed by atoms with van der Waals surface area (Å²) in [5.74, 6) is 0.0780. The van der Waals surface area contributed by atoms with Gasteiger partial charge in [-0.3, -0.25) is 19.0 Å². The van der Waals surface area contributed by atoms with Crippen molar-refractivity contribution in [3.63, 3.8) is 0 Å². The molecule has 2 amide bonds. The molecular weight excluding hydrogens is 420 g/mol. The lowest BCUT2D eigenvalue weighted by molar-refractivity contribution is -0.116. The van der Waals surface area contributed by atoms with Crippen LogP contribution in [0.3, 0.4) is 0 Å². The SMILES string of the molecule is CN1c2ncccc2C(=O)NC1c1ccc(NC(=O)Cn2cnc3ccccc3c2=O)cc1. The first kappa shape index (κ1) is 20.4. The van der Waals surface area contributed by atoms with Crippen molar-refractivity contribution in [2.24, 2.45) is 0 Å². The van der Waals surface area contributed by atoms with E-state index in [0.717, 1.165) is 5.56 Å². The molecule has 1 atom stereocenters. The number of anilines is 2. The first-order chi connectivity index (χ1) is 16.0. The number of pyridine rings is 1. The third kappa shape index (κ3) is 3.80. The molecule has 0 spiro atoms. The van der Waals surface area contributed by atoms with Crippen LogP contribution in [0.15, 0.2) is 78.0 Å². The van der Waals surface area contributed by atoms with Gasteiger partial charge in [-0.15, -0.1) is 0 Å². The van der Waals surface area contributed by atoms with Crippen LogP contribution in [0.1, 0.15) is 22.1 Å².